The van der Waals surface area contributed by atoms with Crippen molar-refractivity contribution in [3.8, 4) is 0 Å². The number of non-ortho nitro benzene ring substituents is 1. The molecule has 0 aromatic heterocycles. The Balaban J connectivity index is 1.94. The quantitative estimate of drug-likeness (QED) is 0.585. The SMILES string of the molecule is C[C@]1(CO)CCC[C@@H]1NC(=O)Nc1ccc([N+](=O)[O-])cc1. The number of amides is 2. The van der Waals surface area contributed by atoms with Crippen molar-refractivity contribution >= 4 is 17.4 Å². The van der Waals surface area contributed by atoms with E-state index in [1.807, 2.05) is 6.92 Å². The third-order valence-electron chi connectivity index (χ3n) is 4.08. The van der Waals surface area contributed by atoms with Gasteiger partial charge in [-0.2, -0.15) is 0 Å². The lowest BCUT2D eigenvalue weighted by Gasteiger charge is -2.30. The lowest BCUT2D eigenvalue weighted by Crippen LogP contribution is -2.46. The first-order valence-electron chi connectivity index (χ1n) is 6.87. The van der Waals surface area contributed by atoms with Gasteiger partial charge in [0.2, 0.25) is 0 Å². The van der Waals surface area contributed by atoms with Crippen LogP contribution < -0.4 is 10.6 Å². The van der Waals surface area contributed by atoms with Gasteiger partial charge in [0.1, 0.15) is 0 Å². The minimum atomic E-state index is -0.491. The molecule has 1 aromatic rings. The highest BCUT2D eigenvalue weighted by Gasteiger charge is 2.39. The lowest BCUT2D eigenvalue weighted by atomic mass is 9.86. The summed E-state index contributed by atoms with van der Waals surface area (Å²) in [7, 11) is 0. The van der Waals surface area contributed by atoms with E-state index in [0.717, 1.165) is 19.3 Å². The first-order chi connectivity index (χ1) is 9.94. The molecule has 21 heavy (non-hydrogen) atoms. The topological polar surface area (TPSA) is 104 Å². The fourth-order valence-corrected chi connectivity index (χ4v) is 2.66. The van der Waals surface area contributed by atoms with Crippen molar-refractivity contribution in [1.82, 2.24) is 5.32 Å². The number of hydrogen-bond acceptors (Lipinski definition) is 4. The number of benzene rings is 1. The van der Waals surface area contributed by atoms with Crippen molar-refractivity contribution in [3.63, 3.8) is 0 Å². The number of rotatable bonds is 4. The van der Waals surface area contributed by atoms with E-state index in [-0.39, 0.29) is 29.8 Å². The smallest absolute Gasteiger partial charge is 0.319 e. The van der Waals surface area contributed by atoms with Crippen molar-refractivity contribution in [2.24, 2.45) is 5.41 Å². The number of nitro groups is 1. The maximum Gasteiger partial charge on any atom is 0.319 e. The molecule has 0 saturated heterocycles. The van der Waals surface area contributed by atoms with Crippen LogP contribution in [0.4, 0.5) is 16.2 Å². The van der Waals surface area contributed by atoms with Crippen molar-refractivity contribution in [2.45, 2.75) is 32.2 Å². The summed E-state index contributed by atoms with van der Waals surface area (Å²) < 4.78 is 0. The summed E-state index contributed by atoms with van der Waals surface area (Å²) in [5.74, 6) is 0. The number of hydrogen-bond donors (Lipinski definition) is 3. The van der Waals surface area contributed by atoms with Crippen LogP contribution in [0.3, 0.4) is 0 Å². The molecule has 7 heteroatoms. The van der Waals surface area contributed by atoms with Crippen molar-refractivity contribution in [2.75, 3.05) is 11.9 Å². The molecule has 1 aliphatic rings. The number of anilines is 1. The van der Waals surface area contributed by atoms with Gasteiger partial charge in [0, 0.05) is 29.3 Å². The highest BCUT2D eigenvalue weighted by molar-refractivity contribution is 5.89. The number of nitrogens with zero attached hydrogens (tertiary/aromatic N) is 1. The summed E-state index contributed by atoms with van der Waals surface area (Å²) in [5, 5.41) is 25.5. The zero-order valence-corrected chi connectivity index (χ0v) is 11.8. The average molecular weight is 293 g/mol. The number of nitrogens with one attached hydrogen (secondary N) is 2. The molecule has 0 radical (unpaired) electrons. The third-order valence-corrected chi connectivity index (χ3v) is 4.08. The van der Waals surface area contributed by atoms with Crippen LogP contribution in [-0.4, -0.2) is 28.7 Å². The Morgan fingerprint density at radius 1 is 1.48 bits per heavy atom. The summed E-state index contributed by atoms with van der Waals surface area (Å²) in [6, 6.07) is 5.21. The van der Waals surface area contributed by atoms with Gasteiger partial charge in [-0.05, 0) is 25.0 Å². The molecule has 1 saturated carbocycles. The van der Waals surface area contributed by atoms with E-state index in [9.17, 15) is 20.0 Å². The Labute approximate surface area is 122 Å². The highest BCUT2D eigenvalue weighted by Crippen LogP contribution is 2.37. The van der Waals surface area contributed by atoms with E-state index in [1.165, 1.54) is 24.3 Å². The third kappa shape index (κ3) is 3.49. The minimum Gasteiger partial charge on any atom is -0.396 e. The molecule has 0 heterocycles. The summed E-state index contributed by atoms with van der Waals surface area (Å²) in [4.78, 5) is 22.0. The number of aliphatic hydroxyl groups excluding tert-OH is 1. The Morgan fingerprint density at radius 3 is 2.71 bits per heavy atom. The second kappa shape index (κ2) is 6.09. The maximum absolute atomic E-state index is 12.0. The molecule has 7 nitrogen and oxygen atoms in total. The van der Waals surface area contributed by atoms with Gasteiger partial charge >= 0.3 is 6.03 Å². The predicted octanol–water partition coefficient (Wildman–Crippen LogP) is 2.27. The van der Waals surface area contributed by atoms with Gasteiger partial charge < -0.3 is 15.7 Å². The van der Waals surface area contributed by atoms with Gasteiger partial charge in [0.05, 0.1) is 11.5 Å². The zero-order chi connectivity index (χ0) is 15.5. The molecule has 2 atom stereocenters. The fraction of sp³-hybridized carbons (Fsp3) is 0.500. The first kappa shape index (κ1) is 15.2. The number of carbonyl (C=O) groups is 1. The van der Waals surface area contributed by atoms with Crippen molar-refractivity contribution in [1.29, 1.82) is 0 Å². The van der Waals surface area contributed by atoms with Crippen LogP contribution in [0.1, 0.15) is 26.2 Å². The summed E-state index contributed by atoms with van der Waals surface area (Å²) >= 11 is 0. The van der Waals surface area contributed by atoms with E-state index in [4.69, 9.17) is 0 Å². The van der Waals surface area contributed by atoms with Crippen LogP contribution in [-0.2, 0) is 0 Å². The molecule has 0 spiro atoms. The van der Waals surface area contributed by atoms with Crippen molar-refractivity contribution < 1.29 is 14.8 Å². The summed E-state index contributed by atoms with van der Waals surface area (Å²) in [5.41, 5.74) is 0.179. The van der Waals surface area contributed by atoms with Crippen LogP contribution in [0.15, 0.2) is 24.3 Å². The fourth-order valence-electron chi connectivity index (χ4n) is 2.66. The van der Waals surface area contributed by atoms with Gasteiger partial charge in [-0.25, -0.2) is 4.79 Å². The van der Waals surface area contributed by atoms with Crippen LogP contribution in [0.25, 0.3) is 0 Å². The molecule has 1 fully saturated rings. The highest BCUT2D eigenvalue weighted by atomic mass is 16.6. The molecule has 3 N–H and O–H groups in total. The molecular weight excluding hydrogens is 274 g/mol. The van der Waals surface area contributed by atoms with Crippen LogP contribution in [0, 0.1) is 15.5 Å². The molecule has 0 aliphatic heterocycles. The summed E-state index contributed by atoms with van der Waals surface area (Å²) in [6.07, 6.45) is 2.69. The molecule has 114 valence electrons. The van der Waals surface area contributed by atoms with Crippen LogP contribution in [0.5, 0.6) is 0 Å². The Kier molecular flexibility index (Phi) is 4.42. The summed E-state index contributed by atoms with van der Waals surface area (Å²) in [6.45, 7) is 1.99. The standard InChI is InChI=1S/C14H19N3O4/c1-14(9-18)8-2-3-12(14)16-13(19)15-10-4-6-11(7-5-10)17(20)21/h4-7,12,18H,2-3,8-9H2,1H3,(H2,15,16,19)/t12-,14+/m0/s1. The number of carbonyl (C=O) groups excluding carboxylic acids is 1. The van der Waals surface area contributed by atoms with E-state index >= 15 is 0 Å². The van der Waals surface area contributed by atoms with E-state index in [0.29, 0.717) is 5.69 Å². The molecule has 0 bridgehead atoms. The monoisotopic (exact) mass is 293 g/mol. The van der Waals surface area contributed by atoms with Crippen LogP contribution in [0.2, 0.25) is 0 Å². The average Bonchev–Trinajstić information content (AvgIpc) is 2.81. The molecule has 1 aromatic carbocycles. The second-order valence-electron chi connectivity index (χ2n) is 5.66. The molecular formula is C14H19N3O4. The van der Waals surface area contributed by atoms with E-state index < -0.39 is 4.92 Å². The first-order valence-corrected chi connectivity index (χ1v) is 6.87. The number of aliphatic hydroxyl groups is 1. The normalized spacial score (nSPS) is 24.6. The number of nitro benzene ring substituents is 1. The minimum absolute atomic E-state index is 0.0235. The van der Waals surface area contributed by atoms with Gasteiger partial charge in [0.15, 0.2) is 0 Å². The van der Waals surface area contributed by atoms with E-state index in [1.54, 1.807) is 0 Å². The van der Waals surface area contributed by atoms with Gasteiger partial charge in [-0.3, -0.25) is 10.1 Å². The molecule has 2 amide bonds. The second-order valence-corrected chi connectivity index (χ2v) is 5.66. The van der Waals surface area contributed by atoms with Gasteiger partial charge in [-0.1, -0.05) is 13.3 Å². The Morgan fingerprint density at radius 2 is 2.14 bits per heavy atom. The number of urea groups is 1. The molecule has 0 unspecified atom stereocenters. The van der Waals surface area contributed by atoms with Crippen LogP contribution >= 0.6 is 0 Å². The van der Waals surface area contributed by atoms with Gasteiger partial charge in [-0.15, -0.1) is 0 Å². The largest absolute Gasteiger partial charge is 0.396 e. The lowest BCUT2D eigenvalue weighted by molar-refractivity contribution is -0.384. The maximum atomic E-state index is 12.0. The predicted molar refractivity (Wildman–Crippen MR) is 78.1 cm³/mol. The molecule has 1 aliphatic carbocycles. The van der Waals surface area contributed by atoms with Gasteiger partial charge in [0.25, 0.3) is 5.69 Å². The molecule has 2 rings (SSSR count). The van der Waals surface area contributed by atoms with E-state index in [2.05, 4.69) is 10.6 Å². The Bertz CT molecular complexity index is 532. The van der Waals surface area contributed by atoms with Crippen molar-refractivity contribution in [3.05, 3.63) is 34.4 Å². The zero-order valence-electron chi connectivity index (χ0n) is 11.8. The Hall–Kier alpha value is -2.15.